The highest BCUT2D eigenvalue weighted by atomic mass is 32.2. The molecule has 0 bridgehead atoms. The summed E-state index contributed by atoms with van der Waals surface area (Å²) in [4.78, 5) is 12.0. The lowest BCUT2D eigenvalue weighted by molar-refractivity contribution is -0.121. The van der Waals surface area contributed by atoms with Crippen LogP contribution in [0, 0.1) is 18.3 Å². The smallest absolute Gasteiger partial charge is 0.240 e. The van der Waals surface area contributed by atoms with Crippen LogP contribution in [0.25, 0.3) is 0 Å². The molecule has 0 aliphatic carbocycles. The van der Waals surface area contributed by atoms with Crippen molar-refractivity contribution in [2.45, 2.75) is 24.7 Å². The van der Waals surface area contributed by atoms with Crippen LogP contribution in [0.1, 0.15) is 23.1 Å². The lowest BCUT2D eigenvalue weighted by atomic mass is 10.1. The summed E-state index contributed by atoms with van der Waals surface area (Å²) in [6.07, 6.45) is 0.864. The Hall–Kier alpha value is -2.69. The normalized spacial score (nSPS) is 10.9. The van der Waals surface area contributed by atoms with Crippen LogP contribution >= 0.6 is 0 Å². The van der Waals surface area contributed by atoms with Gasteiger partial charge in [0.1, 0.15) is 0 Å². The molecule has 2 rings (SSSR count). The van der Waals surface area contributed by atoms with E-state index in [9.17, 15) is 13.2 Å². The Labute approximate surface area is 153 Å². The number of nitrogens with one attached hydrogen (secondary N) is 2. The summed E-state index contributed by atoms with van der Waals surface area (Å²) in [5.74, 6) is -0.149. The van der Waals surface area contributed by atoms with Gasteiger partial charge in [0.05, 0.1) is 16.5 Å². The number of benzene rings is 2. The Bertz CT molecular complexity index is 883. The lowest BCUT2D eigenvalue weighted by Gasteiger charge is -2.08. The first kappa shape index (κ1) is 19.6. The molecule has 6 nitrogen and oxygen atoms in total. The molecule has 0 heterocycles. The second kappa shape index (κ2) is 9.13. The standard InChI is InChI=1S/C19H21N3O3S/c1-15-2-9-18(10-3-15)26(24,25)22-13-12-21-19(23)11-8-16-4-6-17(14-20)7-5-16/h2-7,9-10,22H,8,11-13H2,1H3,(H,21,23). The van der Waals surface area contributed by atoms with Crippen molar-refractivity contribution in [1.82, 2.24) is 10.0 Å². The van der Waals surface area contributed by atoms with E-state index >= 15 is 0 Å². The Morgan fingerprint density at radius 2 is 1.69 bits per heavy atom. The van der Waals surface area contributed by atoms with Crippen LogP contribution in [0.2, 0.25) is 0 Å². The van der Waals surface area contributed by atoms with Gasteiger partial charge in [0, 0.05) is 19.5 Å². The van der Waals surface area contributed by atoms with Crippen LogP contribution in [0.15, 0.2) is 53.4 Å². The molecule has 0 aliphatic rings. The predicted molar refractivity (Wildman–Crippen MR) is 98.9 cm³/mol. The maximum Gasteiger partial charge on any atom is 0.240 e. The highest BCUT2D eigenvalue weighted by Gasteiger charge is 2.12. The first-order valence-electron chi connectivity index (χ1n) is 8.23. The molecule has 2 N–H and O–H groups in total. The number of amides is 1. The van der Waals surface area contributed by atoms with Gasteiger partial charge in [-0.3, -0.25) is 4.79 Å². The summed E-state index contributed by atoms with van der Waals surface area (Å²) in [7, 11) is -3.56. The van der Waals surface area contributed by atoms with Crippen LogP contribution in [-0.4, -0.2) is 27.4 Å². The zero-order valence-corrected chi connectivity index (χ0v) is 15.3. The molecule has 136 valence electrons. The minimum atomic E-state index is -3.56. The third-order valence-corrected chi connectivity index (χ3v) is 5.27. The third kappa shape index (κ3) is 5.99. The Morgan fingerprint density at radius 3 is 2.31 bits per heavy atom. The number of carbonyl (C=O) groups excluding carboxylic acids is 1. The summed E-state index contributed by atoms with van der Waals surface area (Å²) in [6, 6.07) is 15.7. The van der Waals surface area contributed by atoms with Crippen molar-refractivity contribution in [1.29, 1.82) is 5.26 Å². The van der Waals surface area contributed by atoms with Crippen molar-refractivity contribution in [3.8, 4) is 6.07 Å². The van der Waals surface area contributed by atoms with E-state index in [1.807, 2.05) is 25.1 Å². The van der Waals surface area contributed by atoms with Crippen LogP contribution in [0.3, 0.4) is 0 Å². The molecule has 2 aromatic rings. The molecule has 7 heteroatoms. The summed E-state index contributed by atoms with van der Waals surface area (Å²) in [5, 5.41) is 11.4. The number of hydrogen-bond acceptors (Lipinski definition) is 4. The quantitative estimate of drug-likeness (QED) is 0.692. The summed E-state index contributed by atoms with van der Waals surface area (Å²) in [6.45, 7) is 2.23. The van der Waals surface area contributed by atoms with Gasteiger partial charge in [-0.15, -0.1) is 0 Å². The molecule has 0 atom stereocenters. The zero-order valence-electron chi connectivity index (χ0n) is 14.5. The van der Waals surface area contributed by atoms with Crippen molar-refractivity contribution in [3.05, 3.63) is 65.2 Å². The monoisotopic (exact) mass is 371 g/mol. The molecule has 1 amide bonds. The van der Waals surface area contributed by atoms with Gasteiger partial charge < -0.3 is 5.32 Å². The van der Waals surface area contributed by atoms with Gasteiger partial charge in [0.15, 0.2) is 0 Å². The molecule has 0 saturated heterocycles. The highest BCUT2D eigenvalue weighted by molar-refractivity contribution is 7.89. The van der Waals surface area contributed by atoms with E-state index in [1.54, 1.807) is 36.4 Å². The van der Waals surface area contributed by atoms with E-state index in [-0.39, 0.29) is 23.9 Å². The number of nitrogens with zero attached hydrogens (tertiary/aromatic N) is 1. The minimum absolute atomic E-state index is 0.124. The molecule has 0 aromatic heterocycles. The number of aryl methyl sites for hydroxylation is 2. The molecule has 0 radical (unpaired) electrons. The molecule has 0 saturated carbocycles. The van der Waals surface area contributed by atoms with Gasteiger partial charge in [-0.2, -0.15) is 5.26 Å². The molecule has 0 aliphatic heterocycles. The number of carbonyl (C=O) groups is 1. The third-order valence-electron chi connectivity index (χ3n) is 3.79. The van der Waals surface area contributed by atoms with Gasteiger partial charge in [-0.1, -0.05) is 29.8 Å². The predicted octanol–water partition coefficient (Wildman–Crippen LogP) is 1.89. The average Bonchev–Trinajstić information content (AvgIpc) is 2.64. The van der Waals surface area contributed by atoms with Gasteiger partial charge >= 0.3 is 0 Å². The number of rotatable bonds is 8. The molecular weight excluding hydrogens is 350 g/mol. The van der Waals surface area contributed by atoms with Crippen LogP contribution in [0.4, 0.5) is 0 Å². The number of sulfonamides is 1. The Morgan fingerprint density at radius 1 is 1.04 bits per heavy atom. The van der Waals surface area contributed by atoms with Crippen LogP contribution < -0.4 is 10.0 Å². The number of hydrogen-bond donors (Lipinski definition) is 2. The van der Waals surface area contributed by atoms with E-state index in [0.717, 1.165) is 11.1 Å². The minimum Gasteiger partial charge on any atom is -0.355 e. The largest absolute Gasteiger partial charge is 0.355 e. The molecular formula is C19H21N3O3S. The van der Waals surface area contributed by atoms with Gasteiger partial charge in [0.25, 0.3) is 0 Å². The van der Waals surface area contributed by atoms with E-state index in [1.165, 1.54) is 0 Å². The van der Waals surface area contributed by atoms with E-state index < -0.39 is 10.0 Å². The summed E-state index contributed by atoms with van der Waals surface area (Å²) in [5.41, 5.74) is 2.54. The molecule has 2 aromatic carbocycles. The van der Waals surface area contributed by atoms with Crippen molar-refractivity contribution in [2.75, 3.05) is 13.1 Å². The second-order valence-electron chi connectivity index (χ2n) is 5.87. The average molecular weight is 371 g/mol. The van der Waals surface area contributed by atoms with E-state index in [4.69, 9.17) is 5.26 Å². The maximum absolute atomic E-state index is 12.1. The fourth-order valence-corrected chi connectivity index (χ4v) is 3.31. The van der Waals surface area contributed by atoms with Crippen molar-refractivity contribution in [3.63, 3.8) is 0 Å². The zero-order chi connectivity index (χ0) is 19.0. The Balaban J connectivity index is 1.71. The second-order valence-corrected chi connectivity index (χ2v) is 7.64. The fraction of sp³-hybridized carbons (Fsp3) is 0.263. The summed E-state index contributed by atoms with van der Waals surface area (Å²) >= 11 is 0. The first-order chi connectivity index (χ1) is 12.4. The topological polar surface area (TPSA) is 99.1 Å². The molecule has 0 spiro atoms. The van der Waals surface area contributed by atoms with Gasteiger partial charge in [0.2, 0.25) is 15.9 Å². The highest BCUT2D eigenvalue weighted by Crippen LogP contribution is 2.09. The van der Waals surface area contributed by atoms with Crippen molar-refractivity contribution < 1.29 is 13.2 Å². The Kier molecular flexibility index (Phi) is 6.89. The summed E-state index contributed by atoms with van der Waals surface area (Å²) < 4.78 is 26.7. The SMILES string of the molecule is Cc1ccc(S(=O)(=O)NCCNC(=O)CCc2ccc(C#N)cc2)cc1. The maximum atomic E-state index is 12.1. The molecule has 26 heavy (non-hydrogen) atoms. The van der Waals surface area contributed by atoms with E-state index in [0.29, 0.717) is 18.4 Å². The fourth-order valence-electron chi connectivity index (χ4n) is 2.28. The van der Waals surface area contributed by atoms with Gasteiger partial charge in [-0.25, -0.2) is 13.1 Å². The number of nitriles is 1. The molecule has 0 fully saturated rings. The van der Waals surface area contributed by atoms with Crippen molar-refractivity contribution in [2.24, 2.45) is 0 Å². The van der Waals surface area contributed by atoms with Crippen LogP contribution in [-0.2, 0) is 21.2 Å². The first-order valence-corrected chi connectivity index (χ1v) is 9.71. The van der Waals surface area contributed by atoms with Crippen molar-refractivity contribution >= 4 is 15.9 Å². The van der Waals surface area contributed by atoms with E-state index in [2.05, 4.69) is 10.0 Å². The molecule has 0 unspecified atom stereocenters. The van der Waals surface area contributed by atoms with Gasteiger partial charge in [-0.05, 0) is 43.2 Å². The van der Waals surface area contributed by atoms with Crippen LogP contribution in [0.5, 0.6) is 0 Å². The lowest BCUT2D eigenvalue weighted by Crippen LogP contribution is -2.34.